The third-order valence-corrected chi connectivity index (χ3v) is 9.12. The topological polar surface area (TPSA) is 54.5 Å². The van der Waals surface area contributed by atoms with Crippen molar-refractivity contribution in [2.75, 3.05) is 0 Å². The molecule has 9 aromatic rings. The summed E-state index contributed by atoms with van der Waals surface area (Å²) < 4.78 is 2.35. The van der Waals surface area contributed by atoms with E-state index in [0.717, 1.165) is 66.3 Å². The summed E-state index contributed by atoms with van der Waals surface area (Å²) in [6.45, 7) is 0. The zero-order valence-corrected chi connectivity index (χ0v) is 25.3. The third-order valence-electron chi connectivity index (χ3n) is 9.12. The lowest BCUT2D eigenvalue weighted by molar-refractivity contribution is 1.18. The van der Waals surface area contributed by atoms with Crippen molar-refractivity contribution >= 4 is 43.6 Å². The Hall–Kier alpha value is -6.57. The first-order chi connectivity index (χ1) is 23.2. The van der Waals surface area contributed by atoms with Gasteiger partial charge in [0, 0.05) is 39.6 Å². The lowest BCUT2D eigenvalue weighted by Crippen LogP contribution is -1.93. The molecule has 9 rings (SSSR count). The van der Waals surface area contributed by atoms with Crippen molar-refractivity contribution in [1.82, 2.24) is 14.5 Å². The van der Waals surface area contributed by atoms with E-state index in [0.29, 0.717) is 5.56 Å². The smallest absolute Gasteiger partial charge is 0.0991 e. The lowest BCUT2D eigenvalue weighted by Gasteiger charge is -2.11. The standard InChI is InChI=1S/C43H26N4/c44-27-28-10-12-29(13-11-28)33-18-20-36-39-24-32(19-21-40(39)47(41(36)26-33)35-7-2-1-3-8-35)30-14-16-31(17-15-30)38-25-34-6-4-22-45-42(34)43-37(38)9-5-23-46-43/h1-26H. The van der Waals surface area contributed by atoms with E-state index in [4.69, 9.17) is 4.98 Å². The van der Waals surface area contributed by atoms with Gasteiger partial charge in [-0.05, 0) is 94.0 Å². The number of para-hydroxylation sites is 1. The first-order valence-corrected chi connectivity index (χ1v) is 15.6. The summed E-state index contributed by atoms with van der Waals surface area (Å²) in [5.41, 5.74) is 12.8. The molecule has 218 valence electrons. The maximum atomic E-state index is 9.27. The second-order valence-corrected chi connectivity index (χ2v) is 11.8. The van der Waals surface area contributed by atoms with E-state index >= 15 is 0 Å². The fourth-order valence-corrected chi connectivity index (χ4v) is 6.83. The highest BCUT2D eigenvalue weighted by Gasteiger charge is 2.15. The van der Waals surface area contributed by atoms with Crippen LogP contribution in [0.3, 0.4) is 0 Å². The number of benzene rings is 6. The molecule has 0 saturated carbocycles. The molecular formula is C43H26N4. The highest BCUT2D eigenvalue weighted by Crippen LogP contribution is 2.38. The van der Waals surface area contributed by atoms with Crippen molar-refractivity contribution in [1.29, 1.82) is 5.26 Å². The van der Waals surface area contributed by atoms with Crippen LogP contribution in [0.2, 0.25) is 0 Å². The Bertz CT molecular complexity index is 2660. The summed E-state index contributed by atoms with van der Waals surface area (Å²) in [6, 6.07) is 53.2. The van der Waals surface area contributed by atoms with Gasteiger partial charge >= 0.3 is 0 Å². The van der Waals surface area contributed by atoms with E-state index in [9.17, 15) is 5.26 Å². The van der Waals surface area contributed by atoms with Crippen LogP contribution >= 0.6 is 0 Å². The lowest BCUT2D eigenvalue weighted by atomic mass is 9.95. The van der Waals surface area contributed by atoms with Gasteiger partial charge in [-0.2, -0.15) is 5.26 Å². The third kappa shape index (κ3) is 4.45. The molecule has 47 heavy (non-hydrogen) atoms. The van der Waals surface area contributed by atoms with Crippen molar-refractivity contribution in [3.63, 3.8) is 0 Å². The Morgan fingerprint density at radius 2 is 1.13 bits per heavy atom. The number of nitriles is 1. The van der Waals surface area contributed by atoms with Crippen LogP contribution in [0.1, 0.15) is 5.56 Å². The molecule has 0 spiro atoms. The van der Waals surface area contributed by atoms with Crippen LogP contribution in [0.15, 0.2) is 158 Å². The van der Waals surface area contributed by atoms with Gasteiger partial charge < -0.3 is 4.57 Å². The SMILES string of the molecule is N#Cc1ccc(-c2ccc3c4cc(-c5ccc(-c6cc7cccnc7c7ncccc67)cc5)ccc4n(-c4ccccc4)c3c2)cc1. The van der Waals surface area contributed by atoms with E-state index in [-0.39, 0.29) is 0 Å². The zero-order chi connectivity index (χ0) is 31.3. The number of nitrogens with zero attached hydrogens (tertiary/aromatic N) is 4. The highest BCUT2D eigenvalue weighted by molar-refractivity contribution is 6.12. The van der Waals surface area contributed by atoms with Gasteiger partial charge in [0.1, 0.15) is 0 Å². The molecule has 0 fully saturated rings. The van der Waals surface area contributed by atoms with Crippen LogP contribution < -0.4 is 0 Å². The summed E-state index contributed by atoms with van der Waals surface area (Å²) in [6.07, 6.45) is 3.66. The van der Waals surface area contributed by atoms with Gasteiger partial charge in [0.2, 0.25) is 0 Å². The van der Waals surface area contributed by atoms with Crippen molar-refractivity contribution in [2.45, 2.75) is 0 Å². The Balaban J connectivity index is 1.17. The Labute approximate surface area is 271 Å². The number of hydrogen-bond acceptors (Lipinski definition) is 3. The number of rotatable bonds is 4. The second-order valence-electron chi connectivity index (χ2n) is 11.8. The maximum Gasteiger partial charge on any atom is 0.0991 e. The molecule has 3 aromatic heterocycles. The molecule has 4 heteroatoms. The monoisotopic (exact) mass is 598 g/mol. The molecule has 0 N–H and O–H groups in total. The minimum atomic E-state index is 0.661. The quantitative estimate of drug-likeness (QED) is 0.189. The van der Waals surface area contributed by atoms with Gasteiger partial charge in [0.05, 0.1) is 33.7 Å². The number of aromatic nitrogens is 3. The molecule has 0 aliphatic rings. The van der Waals surface area contributed by atoms with E-state index < -0.39 is 0 Å². The zero-order valence-electron chi connectivity index (χ0n) is 25.3. The van der Waals surface area contributed by atoms with E-state index in [1.807, 2.05) is 48.8 Å². The summed E-state index contributed by atoms with van der Waals surface area (Å²) in [5, 5.41) is 13.9. The summed E-state index contributed by atoms with van der Waals surface area (Å²) in [5.74, 6) is 0. The Morgan fingerprint density at radius 1 is 0.468 bits per heavy atom. The van der Waals surface area contributed by atoms with Crippen molar-refractivity contribution < 1.29 is 0 Å². The van der Waals surface area contributed by atoms with Crippen LogP contribution in [0.5, 0.6) is 0 Å². The molecule has 3 heterocycles. The average Bonchev–Trinajstić information content (AvgIpc) is 3.48. The summed E-state index contributed by atoms with van der Waals surface area (Å²) in [7, 11) is 0. The van der Waals surface area contributed by atoms with Gasteiger partial charge in [-0.15, -0.1) is 0 Å². The van der Waals surface area contributed by atoms with Gasteiger partial charge in [-0.3, -0.25) is 9.97 Å². The molecule has 0 amide bonds. The average molecular weight is 599 g/mol. The van der Waals surface area contributed by atoms with Crippen LogP contribution in [-0.2, 0) is 0 Å². The van der Waals surface area contributed by atoms with E-state index in [1.165, 1.54) is 16.3 Å². The molecule has 0 aliphatic heterocycles. The van der Waals surface area contributed by atoms with Crippen LogP contribution in [0.4, 0.5) is 0 Å². The first-order valence-electron chi connectivity index (χ1n) is 15.6. The Morgan fingerprint density at radius 3 is 1.91 bits per heavy atom. The number of pyridine rings is 2. The van der Waals surface area contributed by atoms with Gasteiger partial charge in [0.25, 0.3) is 0 Å². The molecule has 0 saturated heterocycles. The Kier molecular flexibility index (Phi) is 6.16. The van der Waals surface area contributed by atoms with Crippen molar-refractivity contribution in [2.24, 2.45) is 0 Å². The maximum absolute atomic E-state index is 9.27. The summed E-state index contributed by atoms with van der Waals surface area (Å²) >= 11 is 0. The van der Waals surface area contributed by atoms with E-state index in [1.54, 1.807) is 0 Å². The minimum absolute atomic E-state index is 0.661. The van der Waals surface area contributed by atoms with Crippen LogP contribution in [0, 0.1) is 11.3 Å². The van der Waals surface area contributed by atoms with Crippen molar-refractivity contribution in [3.8, 4) is 45.1 Å². The van der Waals surface area contributed by atoms with Gasteiger partial charge in [-0.25, -0.2) is 0 Å². The largest absolute Gasteiger partial charge is 0.309 e. The molecule has 4 nitrogen and oxygen atoms in total. The molecule has 0 radical (unpaired) electrons. The van der Waals surface area contributed by atoms with Gasteiger partial charge in [0.15, 0.2) is 0 Å². The van der Waals surface area contributed by atoms with E-state index in [2.05, 4.69) is 125 Å². The number of hydrogen-bond donors (Lipinski definition) is 0. The molecule has 0 atom stereocenters. The molecular weight excluding hydrogens is 573 g/mol. The summed E-state index contributed by atoms with van der Waals surface area (Å²) in [4.78, 5) is 9.31. The molecule has 0 unspecified atom stereocenters. The van der Waals surface area contributed by atoms with Gasteiger partial charge in [-0.1, -0.05) is 84.9 Å². The van der Waals surface area contributed by atoms with Crippen LogP contribution in [0.25, 0.3) is 82.7 Å². The number of fused-ring (bicyclic) bond motifs is 6. The highest BCUT2D eigenvalue weighted by atomic mass is 15.0. The fraction of sp³-hybridized carbons (Fsp3) is 0. The molecule has 6 aromatic carbocycles. The van der Waals surface area contributed by atoms with Crippen LogP contribution in [-0.4, -0.2) is 14.5 Å². The predicted molar refractivity (Wildman–Crippen MR) is 192 cm³/mol. The normalized spacial score (nSPS) is 11.4. The fourth-order valence-electron chi connectivity index (χ4n) is 6.83. The first kappa shape index (κ1) is 26.8. The molecule has 0 bridgehead atoms. The second kappa shape index (κ2) is 10.8. The minimum Gasteiger partial charge on any atom is -0.309 e. The predicted octanol–water partition coefficient (Wildman–Crippen LogP) is 10.8. The van der Waals surface area contributed by atoms with Crippen molar-refractivity contribution in [3.05, 3.63) is 164 Å². The molecule has 0 aliphatic carbocycles.